The lowest BCUT2D eigenvalue weighted by molar-refractivity contribution is -0.122. The molecule has 108 valence electrons. The molecule has 0 aliphatic heterocycles. The van der Waals surface area contributed by atoms with Crippen molar-refractivity contribution in [2.75, 3.05) is 6.54 Å². The number of sulfonamides is 1. The van der Waals surface area contributed by atoms with Crippen molar-refractivity contribution in [2.45, 2.75) is 23.9 Å². The van der Waals surface area contributed by atoms with Crippen molar-refractivity contribution < 1.29 is 26.0 Å². The first-order valence-corrected chi connectivity index (χ1v) is 6.48. The summed E-state index contributed by atoms with van der Waals surface area (Å²) in [6.45, 7) is -1.57. The van der Waals surface area contributed by atoms with Crippen LogP contribution >= 0.6 is 0 Å². The van der Waals surface area contributed by atoms with Crippen LogP contribution in [0.3, 0.4) is 0 Å². The average molecular weight is 301 g/mol. The lowest BCUT2D eigenvalue weighted by atomic mass is 10.3. The maximum atomic E-state index is 12.6. The molecule has 0 aliphatic carbocycles. The predicted molar refractivity (Wildman–Crippen MR) is 58.3 cm³/mol. The number of rotatable bonds is 6. The van der Waals surface area contributed by atoms with E-state index in [-0.39, 0.29) is 6.54 Å². The number of halogens is 4. The fraction of sp³-hybridized carbons (Fsp3) is 0.444. The Balaban J connectivity index is 2.81. The third-order valence-electron chi connectivity index (χ3n) is 2.13. The van der Waals surface area contributed by atoms with Gasteiger partial charge in [-0.1, -0.05) is 6.07 Å². The van der Waals surface area contributed by atoms with Crippen LogP contribution in [0.15, 0.2) is 23.4 Å². The lowest BCUT2D eigenvalue weighted by Crippen LogP contribution is -2.41. The van der Waals surface area contributed by atoms with Crippen LogP contribution in [0.4, 0.5) is 17.6 Å². The van der Waals surface area contributed by atoms with Gasteiger partial charge < -0.3 is 5.73 Å². The summed E-state index contributed by atoms with van der Waals surface area (Å²) in [5.41, 5.74) is 5.81. The Labute approximate surface area is 106 Å². The second kappa shape index (κ2) is 5.80. The van der Waals surface area contributed by atoms with Gasteiger partial charge in [0.05, 0.1) is 6.54 Å². The highest BCUT2D eigenvalue weighted by Gasteiger charge is 2.41. The van der Waals surface area contributed by atoms with Gasteiger partial charge in [-0.2, -0.15) is 8.78 Å². The molecule has 0 spiro atoms. The quantitative estimate of drug-likeness (QED) is 0.758. The number of nitrogens with zero attached hydrogens (tertiary/aromatic N) is 1. The molecule has 10 heteroatoms. The Kier molecular flexibility index (Phi) is 4.82. The van der Waals surface area contributed by atoms with Crippen molar-refractivity contribution in [2.24, 2.45) is 5.73 Å². The summed E-state index contributed by atoms with van der Waals surface area (Å²) in [5, 5.41) is -0.547. The monoisotopic (exact) mass is 301 g/mol. The van der Waals surface area contributed by atoms with Crippen LogP contribution in [0.25, 0.3) is 0 Å². The highest BCUT2D eigenvalue weighted by Crippen LogP contribution is 2.22. The van der Waals surface area contributed by atoms with Crippen molar-refractivity contribution in [3.8, 4) is 0 Å². The van der Waals surface area contributed by atoms with Gasteiger partial charge in [-0.25, -0.2) is 26.9 Å². The van der Waals surface area contributed by atoms with E-state index in [2.05, 4.69) is 4.98 Å². The predicted octanol–water partition coefficient (Wildman–Crippen LogP) is 0.719. The van der Waals surface area contributed by atoms with E-state index < -0.39 is 33.9 Å². The Morgan fingerprint density at radius 3 is 2.42 bits per heavy atom. The molecule has 1 aromatic heterocycles. The van der Waals surface area contributed by atoms with E-state index in [9.17, 15) is 26.0 Å². The SMILES string of the molecule is NCc1ccc(S(=O)(=O)NCC(F)(F)C(F)F)nc1. The molecule has 0 radical (unpaired) electrons. The number of hydrogen-bond donors (Lipinski definition) is 2. The Morgan fingerprint density at radius 1 is 1.37 bits per heavy atom. The summed E-state index contributed by atoms with van der Waals surface area (Å²) >= 11 is 0. The zero-order valence-corrected chi connectivity index (χ0v) is 10.3. The molecule has 0 saturated carbocycles. The zero-order valence-electron chi connectivity index (χ0n) is 9.48. The molecule has 19 heavy (non-hydrogen) atoms. The Bertz CT molecular complexity index is 519. The summed E-state index contributed by atoms with van der Waals surface area (Å²) in [6, 6.07) is 2.39. The molecule has 5 nitrogen and oxygen atoms in total. The number of aromatic nitrogens is 1. The molecule has 0 atom stereocenters. The van der Waals surface area contributed by atoms with E-state index >= 15 is 0 Å². The standard InChI is InChI=1S/C9H11F4N3O2S/c10-8(11)9(12,13)5-16-19(17,18)7-2-1-6(3-14)4-15-7/h1-2,4,8,16H,3,5,14H2. The molecule has 3 N–H and O–H groups in total. The Morgan fingerprint density at radius 2 is 2.00 bits per heavy atom. The normalized spacial score (nSPS) is 12.9. The van der Waals surface area contributed by atoms with E-state index in [1.807, 2.05) is 0 Å². The van der Waals surface area contributed by atoms with Gasteiger partial charge in [0.25, 0.3) is 10.0 Å². The molecule has 1 rings (SSSR count). The maximum Gasteiger partial charge on any atom is 0.320 e. The van der Waals surface area contributed by atoms with Crippen LogP contribution < -0.4 is 10.5 Å². The molecule has 0 bridgehead atoms. The van der Waals surface area contributed by atoms with Gasteiger partial charge >= 0.3 is 12.3 Å². The number of nitrogens with one attached hydrogen (secondary N) is 1. The lowest BCUT2D eigenvalue weighted by Gasteiger charge is -2.15. The number of hydrogen-bond acceptors (Lipinski definition) is 4. The molecule has 0 saturated heterocycles. The third-order valence-corrected chi connectivity index (χ3v) is 3.44. The van der Waals surface area contributed by atoms with E-state index in [1.54, 1.807) is 0 Å². The summed E-state index contributed by atoms with van der Waals surface area (Å²) < 4.78 is 73.4. The van der Waals surface area contributed by atoms with E-state index in [4.69, 9.17) is 5.73 Å². The second-order valence-electron chi connectivity index (χ2n) is 3.60. The summed E-state index contributed by atoms with van der Waals surface area (Å²) in [7, 11) is -4.37. The van der Waals surface area contributed by atoms with Crippen molar-refractivity contribution in [3.05, 3.63) is 23.9 Å². The third kappa shape index (κ3) is 4.11. The topological polar surface area (TPSA) is 85.1 Å². The number of pyridine rings is 1. The molecule has 1 heterocycles. The maximum absolute atomic E-state index is 12.6. The van der Waals surface area contributed by atoms with Gasteiger partial charge in [0.1, 0.15) is 0 Å². The highest BCUT2D eigenvalue weighted by molar-refractivity contribution is 7.89. The van der Waals surface area contributed by atoms with Crippen molar-refractivity contribution in [1.29, 1.82) is 0 Å². The molecule has 0 aromatic carbocycles. The molecular weight excluding hydrogens is 290 g/mol. The van der Waals surface area contributed by atoms with Crippen LogP contribution in [0.5, 0.6) is 0 Å². The van der Waals surface area contributed by atoms with Crippen LogP contribution in [-0.2, 0) is 16.6 Å². The first-order chi connectivity index (χ1) is 8.69. The fourth-order valence-corrected chi connectivity index (χ4v) is 2.00. The summed E-state index contributed by atoms with van der Waals surface area (Å²) in [5.74, 6) is -4.44. The first-order valence-electron chi connectivity index (χ1n) is 4.99. The van der Waals surface area contributed by atoms with Crippen molar-refractivity contribution in [3.63, 3.8) is 0 Å². The second-order valence-corrected chi connectivity index (χ2v) is 5.31. The molecular formula is C9H11F4N3O2S. The minimum absolute atomic E-state index is 0.129. The molecule has 0 aliphatic rings. The molecule has 1 aromatic rings. The van der Waals surface area contributed by atoms with Crippen molar-refractivity contribution >= 4 is 10.0 Å². The summed E-state index contributed by atoms with van der Waals surface area (Å²) in [4.78, 5) is 3.50. The van der Waals surface area contributed by atoms with Crippen LogP contribution in [0.1, 0.15) is 5.56 Å². The highest BCUT2D eigenvalue weighted by atomic mass is 32.2. The average Bonchev–Trinajstić information content (AvgIpc) is 2.36. The van der Waals surface area contributed by atoms with Gasteiger partial charge in [0, 0.05) is 12.7 Å². The van der Waals surface area contributed by atoms with Gasteiger partial charge in [-0.3, -0.25) is 0 Å². The van der Waals surface area contributed by atoms with E-state index in [0.29, 0.717) is 5.56 Å². The smallest absolute Gasteiger partial charge is 0.320 e. The molecule has 0 unspecified atom stereocenters. The van der Waals surface area contributed by atoms with E-state index in [0.717, 1.165) is 12.3 Å². The summed E-state index contributed by atoms with van der Waals surface area (Å²) in [6.07, 6.45) is -2.80. The van der Waals surface area contributed by atoms with Gasteiger partial charge in [0.15, 0.2) is 5.03 Å². The number of nitrogens with two attached hydrogens (primary N) is 1. The Hall–Kier alpha value is -1.26. The van der Waals surface area contributed by atoms with Crippen LogP contribution in [0.2, 0.25) is 0 Å². The van der Waals surface area contributed by atoms with Crippen LogP contribution in [-0.4, -0.2) is 32.3 Å². The molecule has 0 fully saturated rings. The van der Waals surface area contributed by atoms with Gasteiger partial charge in [-0.05, 0) is 11.6 Å². The number of alkyl halides is 4. The van der Waals surface area contributed by atoms with Crippen LogP contribution in [0, 0.1) is 0 Å². The zero-order chi connectivity index (χ0) is 14.7. The first kappa shape index (κ1) is 15.8. The fourth-order valence-electron chi connectivity index (χ4n) is 1.03. The minimum Gasteiger partial charge on any atom is -0.326 e. The largest absolute Gasteiger partial charge is 0.326 e. The van der Waals surface area contributed by atoms with Gasteiger partial charge in [-0.15, -0.1) is 0 Å². The molecule has 0 amide bonds. The van der Waals surface area contributed by atoms with E-state index in [1.165, 1.54) is 10.8 Å². The van der Waals surface area contributed by atoms with Crippen molar-refractivity contribution in [1.82, 2.24) is 9.71 Å². The minimum atomic E-state index is -4.44. The van der Waals surface area contributed by atoms with Gasteiger partial charge in [0.2, 0.25) is 0 Å².